The van der Waals surface area contributed by atoms with E-state index >= 15 is 0 Å². The molecular formula is C22H22O8S. The number of aryl methyl sites for hydroxylation is 2. The van der Waals surface area contributed by atoms with Gasteiger partial charge in [0.05, 0.1) is 18.1 Å². The summed E-state index contributed by atoms with van der Waals surface area (Å²) in [5, 5.41) is 0. The number of hydrogen-bond acceptors (Lipinski definition) is 8. The minimum absolute atomic E-state index is 0.0263. The Morgan fingerprint density at radius 1 is 1.10 bits per heavy atom. The van der Waals surface area contributed by atoms with Gasteiger partial charge in [-0.3, -0.25) is 4.18 Å². The number of benzene rings is 2. The zero-order valence-corrected chi connectivity index (χ0v) is 17.9. The molecule has 0 N–H and O–H groups in total. The number of carbonyl (C=O) groups is 1. The van der Waals surface area contributed by atoms with Crippen LogP contribution in [0, 0.1) is 6.92 Å². The first-order chi connectivity index (χ1) is 14.9. The number of fused-ring (bicyclic) bond motifs is 1. The van der Waals surface area contributed by atoms with Crippen LogP contribution in [0.25, 0.3) is 0 Å². The molecule has 0 saturated heterocycles. The number of hydrogen-bond donors (Lipinski definition) is 0. The van der Waals surface area contributed by atoms with Gasteiger partial charge in [-0.05, 0) is 49.6 Å². The predicted octanol–water partition coefficient (Wildman–Crippen LogP) is 2.89. The van der Waals surface area contributed by atoms with E-state index in [0.29, 0.717) is 17.9 Å². The number of methoxy groups -OCH3 is 1. The molecule has 4 rings (SSSR count). The number of esters is 1. The highest BCUT2D eigenvalue weighted by Gasteiger charge is 2.38. The van der Waals surface area contributed by atoms with Crippen LogP contribution in [0.5, 0.6) is 11.5 Å². The molecule has 0 amide bonds. The van der Waals surface area contributed by atoms with Gasteiger partial charge in [-0.15, -0.1) is 0 Å². The van der Waals surface area contributed by atoms with Gasteiger partial charge in [0.25, 0.3) is 10.1 Å². The van der Waals surface area contributed by atoms with E-state index in [-0.39, 0.29) is 23.9 Å². The van der Waals surface area contributed by atoms with Crippen molar-refractivity contribution in [3.8, 4) is 11.5 Å². The Balaban J connectivity index is 1.56. The zero-order chi connectivity index (χ0) is 22.0. The average Bonchev–Trinajstić information content (AvgIpc) is 3.37. The van der Waals surface area contributed by atoms with Crippen molar-refractivity contribution in [3.05, 3.63) is 65.4 Å². The molecule has 2 heterocycles. The van der Waals surface area contributed by atoms with E-state index in [1.54, 1.807) is 18.2 Å². The summed E-state index contributed by atoms with van der Waals surface area (Å²) in [4.78, 5) is 11.8. The van der Waals surface area contributed by atoms with Crippen LogP contribution < -0.4 is 9.47 Å². The van der Waals surface area contributed by atoms with Crippen molar-refractivity contribution in [2.45, 2.75) is 36.9 Å². The lowest BCUT2D eigenvalue weighted by atomic mass is 10.0. The first-order valence-corrected chi connectivity index (χ1v) is 11.1. The van der Waals surface area contributed by atoms with E-state index in [2.05, 4.69) is 0 Å². The number of rotatable bonds is 8. The summed E-state index contributed by atoms with van der Waals surface area (Å²) < 4.78 is 52.6. The fourth-order valence-corrected chi connectivity index (χ4v) is 4.53. The first kappa shape index (κ1) is 21.2. The zero-order valence-electron chi connectivity index (χ0n) is 17.1. The van der Waals surface area contributed by atoms with E-state index < -0.39 is 28.3 Å². The molecule has 2 atom stereocenters. The fourth-order valence-electron chi connectivity index (χ4n) is 3.43. The largest absolute Gasteiger partial charge is 0.497 e. The molecule has 164 valence electrons. The van der Waals surface area contributed by atoms with Crippen LogP contribution in [0.4, 0.5) is 0 Å². The topological polar surface area (TPSA) is 97.4 Å². The molecule has 8 nitrogen and oxygen atoms in total. The van der Waals surface area contributed by atoms with E-state index in [1.165, 1.54) is 25.3 Å². The molecule has 0 unspecified atom stereocenters. The van der Waals surface area contributed by atoms with E-state index in [0.717, 1.165) is 11.1 Å². The Morgan fingerprint density at radius 2 is 1.84 bits per heavy atom. The van der Waals surface area contributed by atoms with E-state index in [1.807, 2.05) is 19.1 Å². The lowest BCUT2D eigenvalue weighted by Crippen LogP contribution is -2.34. The second-order valence-electron chi connectivity index (χ2n) is 7.24. The highest BCUT2D eigenvalue weighted by Crippen LogP contribution is 2.34. The average molecular weight is 446 g/mol. The van der Waals surface area contributed by atoms with Gasteiger partial charge < -0.3 is 18.9 Å². The summed E-state index contributed by atoms with van der Waals surface area (Å²) in [6.07, 6.45) is -0.0414. The van der Waals surface area contributed by atoms with Crippen molar-refractivity contribution in [1.82, 2.24) is 0 Å². The highest BCUT2D eigenvalue weighted by atomic mass is 32.2. The quantitative estimate of drug-likeness (QED) is 0.451. The second kappa shape index (κ2) is 8.60. The van der Waals surface area contributed by atoms with Crippen LogP contribution in [0.3, 0.4) is 0 Å². The van der Waals surface area contributed by atoms with Crippen molar-refractivity contribution in [3.63, 3.8) is 0 Å². The van der Waals surface area contributed by atoms with Crippen LogP contribution >= 0.6 is 0 Å². The molecule has 0 bridgehead atoms. The molecule has 0 radical (unpaired) electrons. The monoisotopic (exact) mass is 446 g/mol. The van der Waals surface area contributed by atoms with E-state index in [4.69, 9.17) is 23.1 Å². The Kier molecular flexibility index (Phi) is 5.88. The standard InChI is InChI=1S/C22H22O8S/c1-14-3-7-16(8-4-14)31(24,25)30-18(22-20(26-2)12-21(23)29-22)10-6-15-5-9-17-19(11-15)28-13-27-17/h3-5,7-9,11-12,18,22H,6,10,13H2,1-2H3/t18-,22-/m1/s1. The molecule has 0 aromatic heterocycles. The molecule has 0 saturated carbocycles. The summed E-state index contributed by atoms with van der Waals surface area (Å²) >= 11 is 0. The lowest BCUT2D eigenvalue weighted by Gasteiger charge is -2.24. The Hall–Kier alpha value is -3.04. The molecule has 0 spiro atoms. The minimum Gasteiger partial charge on any atom is -0.497 e. The maximum absolute atomic E-state index is 12.9. The van der Waals surface area contributed by atoms with E-state index in [9.17, 15) is 13.2 Å². The van der Waals surface area contributed by atoms with Gasteiger partial charge in [-0.1, -0.05) is 23.8 Å². The molecule has 9 heteroatoms. The van der Waals surface area contributed by atoms with Crippen molar-refractivity contribution < 1.29 is 36.3 Å². The van der Waals surface area contributed by atoms with Gasteiger partial charge in [0.2, 0.25) is 6.79 Å². The van der Waals surface area contributed by atoms with Crippen molar-refractivity contribution in [2.24, 2.45) is 0 Å². The number of ether oxygens (including phenoxy) is 4. The molecule has 0 fully saturated rings. The summed E-state index contributed by atoms with van der Waals surface area (Å²) in [6, 6.07) is 11.8. The smallest absolute Gasteiger partial charge is 0.335 e. The minimum atomic E-state index is -4.10. The van der Waals surface area contributed by atoms with Gasteiger partial charge in [-0.25, -0.2) is 4.79 Å². The second-order valence-corrected chi connectivity index (χ2v) is 8.81. The van der Waals surface area contributed by atoms with Gasteiger partial charge >= 0.3 is 5.97 Å². The molecule has 2 aromatic carbocycles. The summed E-state index contributed by atoms with van der Waals surface area (Å²) in [5.41, 5.74) is 1.82. The summed E-state index contributed by atoms with van der Waals surface area (Å²) in [5.74, 6) is 0.908. The highest BCUT2D eigenvalue weighted by molar-refractivity contribution is 7.86. The fraction of sp³-hybridized carbons (Fsp3) is 0.318. The summed E-state index contributed by atoms with van der Waals surface area (Å²) in [7, 11) is -2.70. The predicted molar refractivity (Wildman–Crippen MR) is 109 cm³/mol. The van der Waals surface area contributed by atoms with Crippen molar-refractivity contribution in [1.29, 1.82) is 0 Å². The third kappa shape index (κ3) is 4.67. The Labute approximate surface area is 180 Å². The lowest BCUT2D eigenvalue weighted by molar-refractivity contribution is -0.143. The third-order valence-corrected chi connectivity index (χ3v) is 6.42. The van der Waals surface area contributed by atoms with Gasteiger partial charge in [-0.2, -0.15) is 8.42 Å². The molecular weight excluding hydrogens is 424 g/mol. The van der Waals surface area contributed by atoms with Crippen LogP contribution in [0.1, 0.15) is 17.5 Å². The van der Waals surface area contributed by atoms with Gasteiger partial charge in [0.15, 0.2) is 17.6 Å². The first-order valence-electron chi connectivity index (χ1n) is 9.70. The molecule has 2 aliphatic heterocycles. The van der Waals surface area contributed by atoms with Gasteiger partial charge in [0, 0.05) is 0 Å². The number of cyclic esters (lactones) is 1. The summed E-state index contributed by atoms with van der Waals surface area (Å²) in [6.45, 7) is 2.03. The SMILES string of the molecule is COC1=CC(=O)O[C@@H]1[C@@H](CCc1ccc2c(c1)OCO2)OS(=O)(=O)c1ccc(C)cc1. The third-order valence-electron chi connectivity index (χ3n) is 5.07. The van der Waals surface area contributed by atoms with Crippen LogP contribution in [-0.2, 0) is 35.0 Å². The Morgan fingerprint density at radius 3 is 2.58 bits per heavy atom. The van der Waals surface area contributed by atoms with Crippen LogP contribution in [0.2, 0.25) is 0 Å². The van der Waals surface area contributed by atoms with Crippen LogP contribution in [0.15, 0.2) is 59.2 Å². The molecule has 2 aromatic rings. The van der Waals surface area contributed by atoms with Crippen molar-refractivity contribution >= 4 is 16.1 Å². The number of carbonyl (C=O) groups excluding carboxylic acids is 1. The normalized spacial score (nSPS) is 18.5. The molecule has 31 heavy (non-hydrogen) atoms. The van der Waals surface area contributed by atoms with Crippen LogP contribution in [-0.4, -0.2) is 40.5 Å². The van der Waals surface area contributed by atoms with Gasteiger partial charge in [0.1, 0.15) is 11.9 Å². The van der Waals surface area contributed by atoms with Crippen molar-refractivity contribution in [2.75, 3.05) is 13.9 Å². The molecule has 0 aliphatic carbocycles. The Bertz CT molecular complexity index is 1100. The molecule has 2 aliphatic rings. The maximum atomic E-state index is 12.9. The maximum Gasteiger partial charge on any atom is 0.335 e.